The minimum Gasteiger partial charge on any atom is -0.435 e. The van der Waals surface area contributed by atoms with Gasteiger partial charge in [0.2, 0.25) is 5.91 Å². The predicted octanol–water partition coefficient (Wildman–Crippen LogP) is 4.81. The maximum atomic E-state index is 12.5. The summed E-state index contributed by atoms with van der Waals surface area (Å²) in [6.45, 7) is -0.866. The molecule has 0 aliphatic heterocycles. The molecule has 1 aliphatic rings. The first kappa shape index (κ1) is 16.1. The van der Waals surface area contributed by atoms with Gasteiger partial charge in [-0.2, -0.15) is 8.78 Å². The van der Waals surface area contributed by atoms with E-state index >= 15 is 0 Å². The average molecular weight is 340 g/mol. The van der Waals surface area contributed by atoms with Crippen LogP contribution in [0.25, 0.3) is 10.2 Å². The number of ether oxygens (including phenoxy) is 1. The molecule has 1 aromatic heterocycles. The topological polar surface area (TPSA) is 51.2 Å². The van der Waals surface area contributed by atoms with Crippen LogP contribution in [0.5, 0.6) is 5.75 Å². The van der Waals surface area contributed by atoms with Gasteiger partial charge in [-0.15, -0.1) is 0 Å². The molecule has 1 saturated carbocycles. The van der Waals surface area contributed by atoms with Crippen molar-refractivity contribution in [1.82, 2.24) is 4.98 Å². The molecule has 0 spiro atoms. The minimum atomic E-state index is -2.86. The van der Waals surface area contributed by atoms with E-state index in [2.05, 4.69) is 15.0 Å². The Morgan fingerprint density at radius 2 is 2.09 bits per heavy atom. The standard InChI is InChI=1S/C16H18F2N2O2S/c1-16(7-3-2-4-8-16)13(21)20-15-19-11-6-5-10(22-14(17)18)9-12(11)23-15/h5-6,9,14H,2-4,7-8H2,1H3,(H,19,20,21). The van der Waals surface area contributed by atoms with E-state index in [-0.39, 0.29) is 17.1 Å². The summed E-state index contributed by atoms with van der Waals surface area (Å²) in [6.07, 6.45) is 5.08. The Bertz CT molecular complexity index is 711. The van der Waals surface area contributed by atoms with Gasteiger partial charge in [-0.25, -0.2) is 4.98 Å². The van der Waals surface area contributed by atoms with E-state index in [1.807, 2.05) is 6.92 Å². The highest BCUT2D eigenvalue weighted by atomic mass is 32.1. The Balaban J connectivity index is 1.76. The average Bonchev–Trinajstić information content (AvgIpc) is 2.89. The number of halogens is 2. The summed E-state index contributed by atoms with van der Waals surface area (Å²) in [4.78, 5) is 16.9. The second kappa shape index (κ2) is 6.39. The fourth-order valence-electron chi connectivity index (χ4n) is 2.94. The first-order valence-corrected chi connectivity index (χ1v) is 8.45. The maximum absolute atomic E-state index is 12.5. The van der Waals surface area contributed by atoms with Gasteiger partial charge in [0.25, 0.3) is 0 Å². The van der Waals surface area contributed by atoms with Gasteiger partial charge in [0.05, 0.1) is 10.2 Å². The summed E-state index contributed by atoms with van der Waals surface area (Å²) in [5, 5.41) is 3.37. The van der Waals surface area contributed by atoms with Crippen molar-refractivity contribution in [2.24, 2.45) is 5.41 Å². The lowest BCUT2D eigenvalue weighted by Gasteiger charge is -2.31. The molecule has 124 valence electrons. The third kappa shape index (κ3) is 3.60. The third-order valence-electron chi connectivity index (χ3n) is 4.31. The molecule has 0 bridgehead atoms. The molecular weight excluding hydrogens is 322 g/mol. The van der Waals surface area contributed by atoms with Crippen LogP contribution in [0.4, 0.5) is 13.9 Å². The molecule has 1 heterocycles. The van der Waals surface area contributed by atoms with Gasteiger partial charge in [0.1, 0.15) is 5.75 Å². The number of nitrogens with one attached hydrogen (secondary N) is 1. The van der Waals surface area contributed by atoms with Crippen molar-refractivity contribution in [3.05, 3.63) is 18.2 Å². The number of rotatable bonds is 4. The highest BCUT2D eigenvalue weighted by molar-refractivity contribution is 7.22. The predicted molar refractivity (Wildman–Crippen MR) is 86.1 cm³/mol. The molecule has 1 aromatic carbocycles. The van der Waals surface area contributed by atoms with Crippen LogP contribution in [0.1, 0.15) is 39.0 Å². The number of anilines is 1. The quantitative estimate of drug-likeness (QED) is 0.869. The summed E-state index contributed by atoms with van der Waals surface area (Å²) in [7, 11) is 0. The van der Waals surface area contributed by atoms with Crippen LogP contribution < -0.4 is 10.1 Å². The molecule has 0 atom stereocenters. The SMILES string of the molecule is CC1(C(=O)Nc2nc3ccc(OC(F)F)cc3s2)CCCCC1. The maximum Gasteiger partial charge on any atom is 0.387 e. The highest BCUT2D eigenvalue weighted by Gasteiger charge is 2.34. The number of hydrogen-bond acceptors (Lipinski definition) is 4. The van der Waals surface area contributed by atoms with Crippen molar-refractivity contribution < 1.29 is 18.3 Å². The fourth-order valence-corrected chi connectivity index (χ4v) is 3.83. The van der Waals surface area contributed by atoms with Crippen molar-refractivity contribution in [3.8, 4) is 5.75 Å². The smallest absolute Gasteiger partial charge is 0.387 e. The van der Waals surface area contributed by atoms with Gasteiger partial charge in [0.15, 0.2) is 5.13 Å². The number of hydrogen-bond donors (Lipinski definition) is 1. The van der Waals surface area contributed by atoms with Crippen molar-refractivity contribution >= 4 is 32.6 Å². The zero-order chi connectivity index (χ0) is 16.4. The number of nitrogens with zero attached hydrogens (tertiary/aromatic N) is 1. The van der Waals surface area contributed by atoms with Gasteiger partial charge >= 0.3 is 6.61 Å². The van der Waals surface area contributed by atoms with E-state index in [0.717, 1.165) is 25.7 Å². The van der Waals surface area contributed by atoms with Crippen LogP contribution in [-0.4, -0.2) is 17.5 Å². The molecule has 4 nitrogen and oxygen atoms in total. The van der Waals surface area contributed by atoms with E-state index in [0.29, 0.717) is 15.3 Å². The summed E-state index contributed by atoms with van der Waals surface area (Å²) in [6, 6.07) is 4.57. The molecular formula is C16H18F2N2O2S. The van der Waals surface area contributed by atoms with E-state index in [4.69, 9.17) is 0 Å². The monoisotopic (exact) mass is 340 g/mol. The number of benzene rings is 1. The minimum absolute atomic E-state index is 0.0136. The molecule has 0 saturated heterocycles. The summed E-state index contributed by atoms with van der Waals surface area (Å²) in [5.74, 6) is 0.0774. The lowest BCUT2D eigenvalue weighted by Crippen LogP contribution is -2.35. The van der Waals surface area contributed by atoms with Crippen LogP contribution >= 0.6 is 11.3 Å². The molecule has 0 radical (unpaired) electrons. The number of carbonyl (C=O) groups excluding carboxylic acids is 1. The molecule has 7 heteroatoms. The number of fused-ring (bicyclic) bond motifs is 1. The van der Waals surface area contributed by atoms with Crippen molar-refractivity contribution in [2.45, 2.75) is 45.6 Å². The second-order valence-electron chi connectivity index (χ2n) is 6.10. The van der Waals surface area contributed by atoms with E-state index in [1.54, 1.807) is 6.07 Å². The highest BCUT2D eigenvalue weighted by Crippen LogP contribution is 2.37. The summed E-state index contributed by atoms with van der Waals surface area (Å²) in [5.41, 5.74) is 0.306. The molecule has 23 heavy (non-hydrogen) atoms. The van der Waals surface area contributed by atoms with Crippen molar-refractivity contribution in [2.75, 3.05) is 5.32 Å². The third-order valence-corrected chi connectivity index (χ3v) is 5.24. The summed E-state index contributed by atoms with van der Waals surface area (Å²) >= 11 is 1.26. The van der Waals surface area contributed by atoms with Crippen LogP contribution in [0.15, 0.2) is 18.2 Å². The lowest BCUT2D eigenvalue weighted by atomic mass is 9.75. The molecule has 3 rings (SSSR count). The van der Waals surface area contributed by atoms with Crippen LogP contribution in [0.3, 0.4) is 0 Å². The number of thiazole rings is 1. The number of amides is 1. The Kier molecular flexibility index (Phi) is 4.48. The Labute approximate surface area is 136 Å². The largest absolute Gasteiger partial charge is 0.435 e. The van der Waals surface area contributed by atoms with E-state index in [1.165, 1.54) is 29.9 Å². The van der Waals surface area contributed by atoms with E-state index < -0.39 is 6.61 Å². The zero-order valence-corrected chi connectivity index (χ0v) is 13.6. The number of alkyl halides is 2. The normalized spacial score (nSPS) is 17.4. The first-order valence-electron chi connectivity index (χ1n) is 7.63. The Hall–Kier alpha value is -1.76. The van der Waals surface area contributed by atoms with Gasteiger partial charge < -0.3 is 10.1 Å². The van der Waals surface area contributed by atoms with Crippen LogP contribution in [0.2, 0.25) is 0 Å². The van der Waals surface area contributed by atoms with E-state index in [9.17, 15) is 13.6 Å². The van der Waals surface area contributed by atoms with Gasteiger partial charge in [0, 0.05) is 5.41 Å². The lowest BCUT2D eigenvalue weighted by molar-refractivity contribution is -0.126. The van der Waals surface area contributed by atoms with Crippen LogP contribution in [-0.2, 0) is 4.79 Å². The molecule has 0 unspecified atom stereocenters. The molecule has 1 fully saturated rings. The second-order valence-corrected chi connectivity index (χ2v) is 7.13. The Morgan fingerprint density at radius 1 is 1.35 bits per heavy atom. The van der Waals surface area contributed by atoms with Gasteiger partial charge in [-0.3, -0.25) is 4.79 Å². The molecule has 1 N–H and O–H groups in total. The Morgan fingerprint density at radius 3 is 2.78 bits per heavy atom. The van der Waals surface area contributed by atoms with Crippen LogP contribution in [0, 0.1) is 5.41 Å². The molecule has 2 aromatic rings. The van der Waals surface area contributed by atoms with Gasteiger partial charge in [-0.05, 0) is 31.0 Å². The van der Waals surface area contributed by atoms with Gasteiger partial charge in [-0.1, -0.05) is 37.5 Å². The molecule has 1 aliphatic carbocycles. The molecule has 1 amide bonds. The fraction of sp³-hybridized carbons (Fsp3) is 0.500. The number of carbonyl (C=O) groups is 1. The number of aromatic nitrogens is 1. The first-order chi connectivity index (χ1) is 11.0. The van der Waals surface area contributed by atoms with Crippen molar-refractivity contribution in [1.29, 1.82) is 0 Å². The van der Waals surface area contributed by atoms with Crippen molar-refractivity contribution in [3.63, 3.8) is 0 Å². The summed E-state index contributed by atoms with van der Waals surface area (Å²) < 4.78 is 29.6. The zero-order valence-electron chi connectivity index (χ0n) is 12.8.